The molecule has 0 bridgehead atoms. The number of hydrogen-bond donors (Lipinski definition) is 1. The fourth-order valence-corrected chi connectivity index (χ4v) is 2.14. The highest BCUT2D eigenvalue weighted by Crippen LogP contribution is 2.31. The lowest BCUT2D eigenvalue weighted by atomic mass is 9.82. The number of aromatic nitrogens is 2. The van der Waals surface area contributed by atoms with E-state index in [1.54, 1.807) is 0 Å². The van der Waals surface area contributed by atoms with E-state index in [4.69, 9.17) is 0 Å². The Balaban J connectivity index is 2.82. The van der Waals surface area contributed by atoms with Crippen LogP contribution in [0.2, 0.25) is 0 Å². The first kappa shape index (κ1) is 10.2. The quantitative estimate of drug-likeness (QED) is 0.696. The number of benzene rings is 1. The Morgan fingerprint density at radius 2 is 1.80 bits per heavy atom. The lowest BCUT2D eigenvalue weighted by Gasteiger charge is -2.23. The summed E-state index contributed by atoms with van der Waals surface area (Å²) in [7, 11) is 0. The van der Waals surface area contributed by atoms with Crippen LogP contribution in [0.4, 0.5) is 0 Å². The van der Waals surface area contributed by atoms with Crippen molar-refractivity contribution in [2.75, 3.05) is 0 Å². The summed E-state index contributed by atoms with van der Waals surface area (Å²) in [5.74, 6) is 0. The van der Waals surface area contributed by atoms with Gasteiger partial charge in [-0.05, 0) is 42.0 Å². The van der Waals surface area contributed by atoms with E-state index in [1.165, 1.54) is 22.1 Å². The first-order chi connectivity index (χ1) is 6.91. The van der Waals surface area contributed by atoms with E-state index in [2.05, 4.69) is 50.9 Å². The molecule has 15 heavy (non-hydrogen) atoms. The number of rotatable bonds is 0. The molecule has 0 saturated carbocycles. The van der Waals surface area contributed by atoms with E-state index in [-0.39, 0.29) is 5.41 Å². The number of H-pyrrole nitrogens is 1. The van der Waals surface area contributed by atoms with Gasteiger partial charge in [-0.25, -0.2) is 0 Å². The standard InChI is InChI=1S/C13H18N2/c1-8-9(2)11(13(3,4)5)6-12-10(8)7-14-15-12/h6-7H,1-5H3,(H,14,15). The molecular weight excluding hydrogens is 184 g/mol. The summed E-state index contributed by atoms with van der Waals surface area (Å²) in [5.41, 5.74) is 5.45. The van der Waals surface area contributed by atoms with Gasteiger partial charge in [0.15, 0.2) is 0 Å². The fraction of sp³-hybridized carbons (Fsp3) is 0.462. The summed E-state index contributed by atoms with van der Waals surface area (Å²) in [4.78, 5) is 0. The van der Waals surface area contributed by atoms with Crippen molar-refractivity contribution in [1.82, 2.24) is 10.2 Å². The second-order valence-corrected chi connectivity index (χ2v) is 5.26. The van der Waals surface area contributed by atoms with E-state index >= 15 is 0 Å². The average molecular weight is 202 g/mol. The second-order valence-electron chi connectivity index (χ2n) is 5.26. The Labute approximate surface area is 90.7 Å². The van der Waals surface area contributed by atoms with Crippen LogP contribution >= 0.6 is 0 Å². The van der Waals surface area contributed by atoms with Crippen molar-refractivity contribution in [3.63, 3.8) is 0 Å². The van der Waals surface area contributed by atoms with Crippen molar-refractivity contribution in [2.24, 2.45) is 0 Å². The molecule has 1 aromatic carbocycles. The molecule has 0 aliphatic heterocycles. The zero-order chi connectivity index (χ0) is 11.2. The van der Waals surface area contributed by atoms with E-state index in [1.807, 2.05) is 6.20 Å². The normalized spacial score (nSPS) is 12.3. The number of aryl methyl sites for hydroxylation is 1. The van der Waals surface area contributed by atoms with Crippen LogP contribution < -0.4 is 0 Å². The molecule has 0 amide bonds. The minimum atomic E-state index is 0.189. The predicted molar refractivity (Wildman–Crippen MR) is 64.3 cm³/mol. The minimum Gasteiger partial charge on any atom is -0.278 e. The molecular formula is C13H18N2. The molecule has 1 aromatic heterocycles. The van der Waals surface area contributed by atoms with E-state index < -0.39 is 0 Å². The Morgan fingerprint density at radius 1 is 1.13 bits per heavy atom. The molecule has 2 aromatic rings. The molecule has 1 heterocycles. The van der Waals surface area contributed by atoms with Crippen LogP contribution in [0.5, 0.6) is 0 Å². The Hall–Kier alpha value is -1.31. The van der Waals surface area contributed by atoms with Gasteiger partial charge in [-0.15, -0.1) is 0 Å². The summed E-state index contributed by atoms with van der Waals surface area (Å²) in [5, 5.41) is 8.39. The Bertz CT molecular complexity index is 501. The number of hydrogen-bond acceptors (Lipinski definition) is 1. The molecule has 80 valence electrons. The lowest BCUT2D eigenvalue weighted by Crippen LogP contribution is -2.13. The molecule has 0 saturated heterocycles. The highest BCUT2D eigenvalue weighted by molar-refractivity contribution is 5.84. The SMILES string of the molecule is Cc1c(C(C)(C)C)cc2[nH]ncc2c1C. The van der Waals surface area contributed by atoms with Gasteiger partial charge in [-0.1, -0.05) is 20.8 Å². The maximum atomic E-state index is 4.10. The van der Waals surface area contributed by atoms with E-state index in [0.29, 0.717) is 0 Å². The van der Waals surface area contributed by atoms with Crippen LogP contribution in [0.25, 0.3) is 10.9 Å². The van der Waals surface area contributed by atoms with Gasteiger partial charge in [0.2, 0.25) is 0 Å². The number of nitrogens with zero attached hydrogens (tertiary/aromatic N) is 1. The smallest absolute Gasteiger partial charge is 0.0656 e. The number of aromatic amines is 1. The predicted octanol–water partition coefficient (Wildman–Crippen LogP) is 3.48. The molecule has 2 heteroatoms. The third-order valence-electron chi connectivity index (χ3n) is 3.14. The zero-order valence-corrected chi connectivity index (χ0v) is 10.1. The highest BCUT2D eigenvalue weighted by atomic mass is 15.1. The van der Waals surface area contributed by atoms with Gasteiger partial charge in [-0.3, -0.25) is 5.10 Å². The molecule has 0 radical (unpaired) electrons. The van der Waals surface area contributed by atoms with Crippen molar-refractivity contribution >= 4 is 10.9 Å². The zero-order valence-electron chi connectivity index (χ0n) is 10.1. The van der Waals surface area contributed by atoms with Crippen LogP contribution in [-0.4, -0.2) is 10.2 Å². The third kappa shape index (κ3) is 1.54. The lowest BCUT2D eigenvalue weighted by molar-refractivity contribution is 0.586. The van der Waals surface area contributed by atoms with Gasteiger partial charge in [0.1, 0.15) is 0 Å². The Morgan fingerprint density at radius 3 is 2.40 bits per heavy atom. The molecule has 0 atom stereocenters. The van der Waals surface area contributed by atoms with Crippen LogP contribution in [-0.2, 0) is 5.41 Å². The van der Waals surface area contributed by atoms with Crippen LogP contribution in [0.15, 0.2) is 12.3 Å². The molecule has 1 N–H and O–H groups in total. The van der Waals surface area contributed by atoms with Crippen molar-refractivity contribution in [1.29, 1.82) is 0 Å². The highest BCUT2D eigenvalue weighted by Gasteiger charge is 2.19. The van der Waals surface area contributed by atoms with E-state index in [0.717, 1.165) is 5.52 Å². The van der Waals surface area contributed by atoms with Crippen molar-refractivity contribution in [3.05, 3.63) is 29.0 Å². The number of fused-ring (bicyclic) bond motifs is 1. The largest absolute Gasteiger partial charge is 0.278 e. The maximum absolute atomic E-state index is 4.10. The molecule has 0 aliphatic rings. The van der Waals surface area contributed by atoms with E-state index in [9.17, 15) is 0 Å². The molecule has 0 fully saturated rings. The van der Waals surface area contributed by atoms with Crippen molar-refractivity contribution < 1.29 is 0 Å². The molecule has 2 nitrogen and oxygen atoms in total. The molecule has 2 rings (SSSR count). The van der Waals surface area contributed by atoms with Crippen LogP contribution in [0, 0.1) is 13.8 Å². The van der Waals surface area contributed by atoms with Crippen LogP contribution in [0.1, 0.15) is 37.5 Å². The second kappa shape index (κ2) is 3.09. The molecule has 0 aliphatic carbocycles. The number of nitrogens with one attached hydrogen (secondary N) is 1. The summed E-state index contributed by atoms with van der Waals surface area (Å²) < 4.78 is 0. The summed E-state index contributed by atoms with van der Waals surface area (Å²) >= 11 is 0. The molecule has 0 spiro atoms. The topological polar surface area (TPSA) is 28.7 Å². The fourth-order valence-electron chi connectivity index (χ4n) is 2.14. The monoisotopic (exact) mass is 202 g/mol. The Kier molecular flexibility index (Phi) is 2.10. The van der Waals surface area contributed by atoms with Gasteiger partial charge < -0.3 is 0 Å². The first-order valence-electron chi connectivity index (χ1n) is 5.35. The van der Waals surface area contributed by atoms with Crippen molar-refractivity contribution in [2.45, 2.75) is 40.0 Å². The van der Waals surface area contributed by atoms with Gasteiger partial charge in [0.25, 0.3) is 0 Å². The summed E-state index contributed by atoms with van der Waals surface area (Å²) in [6, 6.07) is 2.23. The van der Waals surface area contributed by atoms with Crippen LogP contribution in [0.3, 0.4) is 0 Å². The third-order valence-corrected chi connectivity index (χ3v) is 3.14. The van der Waals surface area contributed by atoms with Crippen molar-refractivity contribution in [3.8, 4) is 0 Å². The minimum absolute atomic E-state index is 0.189. The van der Waals surface area contributed by atoms with Gasteiger partial charge >= 0.3 is 0 Å². The van der Waals surface area contributed by atoms with Gasteiger partial charge in [-0.2, -0.15) is 5.10 Å². The first-order valence-corrected chi connectivity index (χ1v) is 5.35. The summed E-state index contributed by atoms with van der Waals surface area (Å²) in [6.07, 6.45) is 1.91. The molecule has 0 unspecified atom stereocenters. The van der Waals surface area contributed by atoms with Gasteiger partial charge in [0.05, 0.1) is 11.7 Å². The van der Waals surface area contributed by atoms with Gasteiger partial charge in [0, 0.05) is 5.39 Å². The maximum Gasteiger partial charge on any atom is 0.0656 e. The summed E-state index contributed by atoms with van der Waals surface area (Å²) in [6.45, 7) is 11.1. The average Bonchev–Trinajstić information content (AvgIpc) is 2.57.